The second-order valence-electron chi connectivity index (χ2n) is 2.45. The summed E-state index contributed by atoms with van der Waals surface area (Å²) in [5, 5.41) is 8.53. The normalized spacial score (nSPS) is 21.8. The van der Waals surface area contributed by atoms with E-state index in [1.54, 1.807) is 23.2 Å². The summed E-state index contributed by atoms with van der Waals surface area (Å²) in [5.41, 5.74) is 0. The van der Waals surface area contributed by atoms with Crippen molar-refractivity contribution in [1.82, 2.24) is 10.6 Å². The fraction of sp³-hybridized carbons (Fsp3) is 0.273. The predicted octanol–water partition coefficient (Wildman–Crippen LogP) is 2.53. The summed E-state index contributed by atoms with van der Waals surface area (Å²) >= 11 is 2.51. The Balaban J connectivity index is 0.000000811. The van der Waals surface area contributed by atoms with Gasteiger partial charge in [-0.2, -0.15) is 0 Å². The van der Waals surface area contributed by atoms with Gasteiger partial charge in [0.1, 0.15) is 0 Å². The van der Waals surface area contributed by atoms with Crippen LogP contribution in [0, 0.1) is 0 Å². The van der Waals surface area contributed by atoms with Gasteiger partial charge in [-0.1, -0.05) is 44.8 Å². The van der Waals surface area contributed by atoms with Gasteiger partial charge in [0, 0.05) is 12.4 Å². The molecule has 0 atom stereocenters. The van der Waals surface area contributed by atoms with Crippen LogP contribution in [0.2, 0.25) is 0 Å². The first-order chi connectivity index (χ1) is 7.79. The zero-order valence-electron chi connectivity index (χ0n) is 8.94. The van der Waals surface area contributed by atoms with Gasteiger partial charge in [0.05, 0.1) is 9.81 Å². The number of hydrogen-bond acceptors (Lipinski definition) is 4. The van der Waals surface area contributed by atoms with Gasteiger partial charge in [-0.15, -0.1) is 0 Å². The second kappa shape index (κ2) is 8.03. The molecule has 0 bridgehead atoms. The zero-order valence-corrected chi connectivity index (χ0v) is 10.6. The van der Waals surface area contributed by atoms with Gasteiger partial charge < -0.3 is 10.6 Å². The Morgan fingerprint density at radius 1 is 0.882 bits per heavy atom. The summed E-state index contributed by atoms with van der Waals surface area (Å²) in [4.78, 5) is 23.6. The van der Waals surface area contributed by atoms with Crippen LogP contribution in [0.3, 0.4) is 0 Å². The highest BCUT2D eigenvalue weighted by Crippen LogP contribution is 2.32. The molecule has 2 heterocycles. The molecule has 2 aliphatic heterocycles. The molecule has 4 nitrogen and oxygen atoms in total. The minimum Gasteiger partial charge on any atom is -0.328 e. The molecule has 6 heteroatoms. The van der Waals surface area contributed by atoms with Crippen molar-refractivity contribution in [2.24, 2.45) is 0 Å². The van der Waals surface area contributed by atoms with Gasteiger partial charge in [-0.05, 0) is 10.8 Å². The van der Waals surface area contributed by atoms with Gasteiger partial charge in [0.2, 0.25) is 0 Å². The lowest BCUT2D eigenvalue weighted by Crippen LogP contribution is -2.27. The molecule has 0 aliphatic carbocycles. The number of thioether (sulfide) groups is 2. The van der Waals surface area contributed by atoms with Crippen molar-refractivity contribution in [2.45, 2.75) is 21.3 Å². The van der Waals surface area contributed by atoms with E-state index in [1.807, 2.05) is 13.8 Å². The molecule has 2 aliphatic rings. The molecular formula is C11H16N2O2S2. The van der Waals surface area contributed by atoms with E-state index in [4.69, 9.17) is 0 Å². The first-order valence-corrected chi connectivity index (χ1v) is 6.54. The molecule has 17 heavy (non-hydrogen) atoms. The molecule has 0 aromatic heterocycles. The van der Waals surface area contributed by atoms with Gasteiger partial charge >= 0.3 is 0 Å². The summed E-state index contributed by atoms with van der Waals surface area (Å²) in [6.45, 7) is 4.00. The van der Waals surface area contributed by atoms with Crippen LogP contribution in [-0.2, 0) is 9.59 Å². The Bertz CT molecular complexity index is 351. The molecule has 0 unspecified atom stereocenters. The molecule has 2 N–H and O–H groups in total. The number of amides is 2. The summed E-state index contributed by atoms with van der Waals surface area (Å²) in [7, 11) is 0. The molecule has 0 aromatic carbocycles. The predicted molar refractivity (Wildman–Crippen MR) is 74.9 cm³/mol. The van der Waals surface area contributed by atoms with E-state index >= 15 is 0 Å². The zero-order chi connectivity index (χ0) is 12.0. The first-order valence-electron chi connectivity index (χ1n) is 4.78. The van der Waals surface area contributed by atoms with Crippen molar-refractivity contribution in [2.75, 3.05) is 0 Å². The highest BCUT2D eigenvalue weighted by atomic mass is 32.2. The van der Waals surface area contributed by atoms with Crippen LogP contribution in [-0.4, -0.2) is 11.8 Å². The monoisotopic (exact) mass is 272 g/mol. The average molecular weight is 272 g/mol. The Kier molecular flexibility index (Phi) is 7.49. The second-order valence-corrected chi connectivity index (χ2v) is 4.28. The third kappa shape index (κ3) is 3.98. The topological polar surface area (TPSA) is 58.2 Å². The van der Waals surface area contributed by atoms with Gasteiger partial charge in [0.15, 0.2) is 0 Å². The number of rotatable bonds is 0. The van der Waals surface area contributed by atoms with E-state index in [1.165, 1.54) is 23.5 Å². The standard InChI is InChI=1S/C8H6N2O2S2.C2H6.CH4/c11-7-5(13-3-1-9-7)6-8(12)10-2-4-14-6;1-2;/h1-4H,(H,9,11)(H,10,12);1-2H3;1H4/b6-5+;;. The number of hydrogen-bond donors (Lipinski definition) is 2. The van der Waals surface area contributed by atoms with E-state index < -0.39 is 0 Å². The van der Waals surface area contributed by atoms with Gasteiger partial charge in [-0.25, -0.2) is 0 Å². The van der Waals surface area contributed by atoms with Gasteiger partial charge in [-0.3, -0.25) is 9.59 Å². The third-order valence-corrected chi connectivity index (χ3v) is 3.48. The van der Waals surface area contributed by atoms with Crippen molar-refractivity contribution < 1.29 is 9.59 Å². The van der Waals surface area contributed by atoms with E-state index in [0.29, 0.717) is 9.81 Å². The number of carbonyl (C=O) groups is 2. The Labute approximate surface area is 110 Å². The maximum Gasteiger partial charge on any atom is 0.263 e. The molecule has 0 spiro atoms. The quantitative estimate of drug-likeness (QED) is 0.665. The SMILES string of the molecule is C.CC.O=C1NC=CS/C1=C1/SC=CNC1=O. The molecule has 0 saturated carbocycles. The molecular weight excluding hydrogens is 256 g/mol. The minimum atomic E-state index is -0.231. The van der Waals surface area contributed by atoms with Crippen molar-refractivity contribution in [3.8, 4) is 0 Å². The fourth-order valence-electron chi connectivity index (χ4n) is 0.975. The highest BCUT2D eigenvalue weighted by molar-refractivity contribution is 8.10. The molecule has 0 saturated heterocycles. The van der Waals surface area contributed by atoms with E-state index in [2.05, 4.69) is 10.6 Å². The van der Waals surface area contributed by atoms with E-state index in [0.717, 1.165) is 0 Å². The lowest BCUT2D eigenvalue weighted by atomic mass is 10.4. The van der Waals surface area contributed by atoms with Crippen LogP contribution in [0.5, 0.6) is 0 Å². The summed E-state index contributed by atoms with van der Waals surface area (Å²) in [5.74, 6) is -0.462. The summed E-state index contributed by atoms with van der Waals surface area (Å²) in [6.07, 6.45) is 3.11. The number of carbonyl (C=O) groups excluding carboxylic acids is 2. The van der Waals surface area contributed by atoms with Gasteiger partial charge in [0.25, 0.3) is 11.8 Å². The summed E-state index contributed by atoms with van der Waals surface area (Å²) in [6, 6.07) is 0. The molecule has 0 fully saturated rings. The van der Waals surface area contributed by atoms with Crippen LogP contribution in [0.4, 0.5) is 0 Å². The Morgan fingerprint density at radius 2 is 1.24 bits per heavy atom. The largest absolute Gasteiger partial charge is 0.328 e. The highest BCUT2D eigenvalue weighted by Gasteiger charge is 2.23. The lowest BCUT2D eigenvalue weighted by molar-refractivity contribution is -0.118. The first kappa shape index (κ1) is 15.9. The maximum absolute atomic E-state index is 11.4. The molecule has 0 aromatic rings. The fourth-order valence-corrected chi connectivity index (χ4v) is 2.54. The Hall–Kier alpha value is -1.14. The number of nitrogens with one attached hydrogen (secondary N) is 2. The van der Waals surface area contributed by atoms with Crippen LogP contribution in [0.1, 0.15) is 21.3 Å². The average Bonchev–Trinajstić information content (AvgIpc) is 2.34. The van der Waals surface area contributed by atoms with Crippen molar-refractivity contribution >= 4 is 35.3 Å². The van der Waals surface area contributed by atoms with Crippen molar-refractivity contribution in [3.63, 3.8) is 0 Å². The molecule has 2 amide bonds. The Morgan fingerprint density at radius 3 is 1.53 bits per heavy atom. The smallest absolute Gasteiger partial charge is 0.263 e. The molecule has 0 radical (unpaired) electrons. The van der Waals surface area contributed by atoms with Crippen LogP contribution >= 0.6 is 23.5 Å². The molecule has 2 rings (SSSR count). The van der Waals surface area contributed by atoms with Crippen LogP contribution in [0.25, 0.3) is 0 Å². The van der Waals surface area contributed by atoms with E-state index in [9.17, 15) is 9.59 Å². The van der Waals surface area contributed by atoms with Crippen molar-refractivity contribution in [3.05, 3.63) is 33.0 Å². The van der Waals surface area contributed by atoms with Crippen molar-refractivity contribution in [1.29, 1.82) is 0 Å². The maximum atomic E-state index is 11.4. The lowest BCUT2D eigenvalue weighted by Gasteiger charge is -2.14. The minimum absolute atomic E-state index is 0. The summed E-state index contributed by atoms with van der Waals surface area (Å²) < 4.78 is 0. The van der Waals surface area contributed by atoms with E-state index in [-0.39, 0.29) is 19.2 Å². The van der Waals surface area contributed by atoms with Crippen LogP contribution < -0.4 is 10.6 Å². The third-order valence-electron chi connectivity index (χ3n) is 1.56. The van der Waals surface area contributed by atoms with Crippen LogP contribution in [0.15, 0.2) is 33.0 Å². The molecule has 94 valence electrons.